The second-order valence-corrected chi connectivity index (χ2v) is 5.44. The van der Waals surface area contributed by atoms with E-state index in [0.717, 1.165) is 5.56 Å². The van der Waals surface area contributed by atoms with E-state index in [9.17, 15) is 9.59 Å². The maximum atomic E-state index is 12.1. The number of carboxylic acids is 1. The van der Waals surface area contributed by atoms with Crippen LogP contribution >= 0.6 is 23.2 Å². The first kappa shape index (κ1) is 18.5. The summed E-state index contributed by atoms with van der Waals surface area (Å²) in [5, 5.41) is 20.9. The molecule has 0 fully saturated rings. The molecule has 3 N–H and O–H groups in total. The number of halogens is 2. The molecule has 0 aliphatic heterocycles. The molecule has 1 aromatic rings. The van der Waals surface area contributed by atoms with E-state index >= 15 is 0 Å². The first-order chi connectivity index (χ1) is 10.4. The molecule has 122 valence electrons. The highest BCUT2D eigenvalue weighted by Gasteiger charge is 2.14. The van der Waals surface area contributed by atoms with Gasteiger partial charge in [-0.15, -0.1) is 0 Å². The summed E-state index contributed by atoms with van der Waals surface area (Å²) in [4.78, 5) is 24.0. The van der Waals surface area contributed by atoms with Crippen molar-refractivity contribution in [2.45, 2.75) is 19.4 Å². The van der Waals surface area contributed by atoms with Gasteiger partial charge in [0.15, 0.2) is 0 Å². The standard InChI is InChI=1S/C14H18Cl2N2O4/c15-11-3-2-10(8-12(11)16)9-18(6-1-7-19)14(22)17-5-4-13(20)21/h2-3,8,19H,1,4-7,9H2,(H,17,22)(H,20,21). The Kier molecular flexibility index (Phi) is 8.01. The van der Waals surface area contributed by atoms with Crippen molar-refractivity contribution in [3.63, 3.8) is 0 Å². The topological polar surface area (TPSA) is 89.9 Å². The number of amides is 2. The molecule has 8 heteroatoms. The molecule has 0 radical (unpaired) electrons. The Bertz CT molecular complexity index is 526. The van der Waals surface area contributed by atoms with Crippen LogP contribution in [0, 0.1) is 0 Å². The lowest BCUT2D eigenvalue weighted by molar-refractivity contribution is -0.136. The third-order valence-corrected chi connectivity index (χ3v) is 3.58. The minimum absolute atomic E-state index is 0.0414. The second-order valence-electron chi connectivity index (χ2n) is 4.62. The average Bonchev–Trinajstić information content (AvgIpc) is 2.46. The summed E-state index contributed by atoms with van der Waals surface area (Å²) in [6.45, 7) is 0.636. The van der Waals surface area contributed by atoms with Gasteiger partial charge in [0.1, 0.15) is 0 Å². The molecule has 0 unspecified atom stereocenters. The number of aliphatic carboxylic acids is 1. The molecule has 6 nitrogen and oxygen atoms in total. The Labute approximate surface area is 138 Å². The lowest BCUT2D eigenvalue weighted by atomic mass is 10.2. The van der Waals surface area contributed by atoms with Gasteiger partial charge in [0.05, 0.1) is 16.5 Å². The van der Waals surface area contributed by atoms with Crippen molar-refractivity contribution in [1.82, 2.24) is 10.2 Å². The SMILES string of the molecule is O=C(O)CCNC(=O)N(CCCO)Cc1ccc(Cl)c(Cl)c1. The van der Waals surface area contributed by atoms with Gasteiger partial charge in [-0.3, -0.25) is 4.79 Å². The summed E-state index contributed by atoms with van der Waals surface area (Å²) >= 11 is 11.8. The van der Waals surface area contributed by atoms with Crippen LogP contribution in [0.1, 0.15) is 18.4 Å². The highest BCUT2D eigenvalue weighted by Crippen LogP contribution is 2.23. The number of carboxylic acid groups (broad SMARTS) is 1. The molecule has 0 aliphatic rings. The highest BCUT2D eigenvalue weighted by atomic mass is 35.5. The Balaban J connectivity index is 2.67. The summed E-state index contributed by atoms with van der Waals surface area (Å²) in [6, 6.07) is 4.68. The van der Waals surface area contributed by atoms with Crippen molar-refractivity contribution in [2.75, 3.05) is 19.7 Å². The molecule has 1 rings (SSSR count). The summed E-state index contributed by atoms with van der Waals surface area (Å²) in [6.07, 6.45) is 0.278. The maximum absolute atomic E-state index is 12.1. The van der Waals surface area contributed by atoms with Crippen LogP contribution in [0.4, 0.5) is 4.79 Å². The molecule has 0 bridgehead atoms. The molecule has 1 aromatic carbocycles. The Hall–Kier alpha value is -1.50. The molecule has 22 heavy (non-hydrogen) atoms. The third-order valence-electron chi connectivity index (χ3n) is 2.85. The van der Waals surface area contributed by atoms with Gasteiger partial charge in [-0.2, -0.15) is 0 Å². The predicted octanol–water partition coefficient (Wildman–Crippen LogP) is 2.36. The molecule has 0 saturated carbocycles. The van der Waals surface area contributed by atoms with Crippen LogP contribution in [0.3, 0.4) is 0 Å². The summed E-state index contributed by atoms with van der Waals surface area (Å²) in [5.74, 6) is -0.980. The van der Waals surface area contributed by atoms with E-state index in [1.54, 1.807) is 18.2 Å². The van der Waals surface area contributed by atoms with E-state index in [-0.39, 0.29) is 32.1 Å². The summed E-state index contributed by atoms with van der Waals surface area (Å²) in [7, 11) is 0. The molecule has 0 spiro atoms. The van der Waals surface area contributed by atoms with Gasteiger partial charge in [-0.1, -0.05) is 29.3 Å². The van der Waals surface area contributed by atoms with Gasteiger partial charge < -0.3 is 20.4 Å². The zero-order valence-corrected chi connectivity index (χ0v) is 13.4. The Morgan fingerprint density at radius 2 is 1.95 bits per heavy atom. The van der Waals surface area contributed by atoms with Crippen molar-refractivity contribution in [2.24, 2.45) is 0 Å². The molecule has 0 heterocycles. The van der Waals surface area contributed by atoms with E-state index in [0.29, 0.717) is 23.0 Å². The molecule has 0 saturated heterocycles. The summed E-state index contributed by atoms with van der Waals surface area (Å²) < 4.78 is 0. The van der Waals surface area contributed by atoms with Gasteiger partial charge in [-0.25, -0.2) is 4.79 Å². The number of urea groups is 1. The predicted molar refractivity (Wildman–Crippen MR) is 84.2 cm³/mol. The maximum Gasteiger partial charge on any atom is 0.317 e. The van der Waals surface area contributed by atoms with Crippen LogP contribution in [-0.2, 0) is 11.3 Å². The van der Waals surface area contributed by atoms with Crippen molar-refractivity contribution >= 4 is 35.2 Å². The third kappa shape index (κ3) is 6.51. The van der Waals surface area contributed by atoms with Crippen LogP contribution in [0.25, 0.3) is 0 Å². The highest BCUT2D eigenvalue weighted by molar-refractivity contribution is 6.42. The fourth-order valence-corrected chi connectivity index (χ4v) is 2.08. The minimum Gasteiger partial charge on any atom is -0.481 e. The number of carbonyl (C=O) groups is 2. The zero-order chi connectivity index (χ0) is 16.5. The van der Waals surface area contributed by atoms with Crippen LogP contribution in [0.2, 0.25) is 10.0 Å². The van der Waals surface area contributed by atoms with E-state index in [1.807, 2.05) is 0 Å². The number of aliphatic hydroxyl groups is 1. The van der Waals surface area contributed by atoms with Gasteiger partial charge in [-0.05, 0) is 24.1 Å². The zero-order valence-electron chi connectivity index (χ0n) is 11.9. The van der Waals surface area contributed by atoms with Crippen molar-refractivity contribution < 1.29 is 19.8 Å². The molecular weight excluding hydrogens is 331 g/mol. The average molecular weight is 349 g/mol. The lowest BCUT2D eigenvalue weighted by Crippen LogP contribution is -2.41. The largest absolute Gasteiger partial charge is 0.481 e. The number of carbonyl (C=O) groups excluding carboxylic acids is 1. The number of rotatable bonds is 8. The van der Waals surface area contributed by atoms with Crippen molar-refractivity contribution in [3.8, 4) is 0 Å². The van der Waals surface area contributed by atoms with Crippen molar-refractivity contribution in [3.05, 3.63) is 33.8 Å². The Morgan fingerprint density at radius 3 is 2.55 bits per heavy atom. The molecule has 0 aliphatic carbocycles. The molecule has 0 aromatic heterocycles. The molecular formula is C14H18Cl2N2O4. The normalized spacial score (nSPS) is 10.3. The Morgan fingerprint density at radius 1 is 1.23 bits per heavy atom. The number of hydrogen-bond acceptors (Lipinski definition) is 3. The fourth-order valence-electron chi connectivity index (χ4n) is 1.76. The van der Waals surface area contributed by atoms with Crippen LogP contribution in [-0.4, -0.2) is 46.8 Å². The number of nitrogens with one attached hydrogen (secondary N) is 1. The van der Waals surface area contributed by atoms with E-state index in [4.69, 9.17) is 33.4 Å². The number of nitrogens with zero attached hydrogens (tertiary/aromatic N) is 1. The summed E-state index contributed by atoms with van der Waals surface area (Å²) in [5.41, 5.74) is 0.792. The van der Waals surface area contributed by atoms with E-state index in [2.05, 4.69) is 5.32 Å². The quantitative estimate of drug-likeness (QED) is 0.672. The van der Waals surface area contributed by atoms with E-state index < -0.39 is 5.97 Å². The van der Waals surface area contributed by atoms with Gasteiger partial charge in [0.25, 0.3) is 0 Å². The van der Waals surface area contributed by atoms with E-state index in [1.165, 1.54) is 4.90 Å². The number of benzene rings is 1. The second kappa shape index (κ2) is 9.50. The van der Waals surface area contributed by atoms with Gasteiger partial charge in [0.2, 0.25) is 0 Å². The lowest BCUT2D eigenvalue weighted by Gasteiger charge is -2.23. The van der Waals surface area contributed by atoms with Crippen LogP contribution in [0.5, 0.6) is 0 Å². The minimum atomic E-state index is -0.980. The first-order valence-corrected chi connectivity index (χ1v) is 7.49. The molecule has 0 atom stereocenters. The molecule has 2 amide bonds. The van der Waals surface area contributed by atoms with Gasteiger partial charge in [0, 0.05) is 26.2 Å². The monoisotopic (exact) mass is 348 g/mol. The van der Waals surface area contributed by atoms with Crippen LogP contribution < -0.4 is 5.32 Å². The van der Waals surface area contributed by atoms with Crippen molar-refractivity contribution in [1.29, 1.82) is 0 Å². The fraction of sp³-hybridized carbons (Fsp3) is 0.429. The van der Waals surface area contributed by atoms with Gasteiger partial charge >= 0.3 is 12.0 Å². The van der Waals surface area contributed by atoms with Crippen LogP contribution in [0.15, 0.2) is 18.2 Å². The number of hydrogen-bond donors (Lipinski definition) is 3. The smallest absolute Gasteiger partial charge is 0.317 e. The number of aliphatic hydroxyl groups excluding tert-OH is 1. The first-order valence-electron chi connectivity index (χ1n) is 6.73.